The Morgan fingerprint density at radius 3 is 1.78 bits per heavy atom. The van der Waals surface area contributed by atoms with Crippen LogP contribution in [0.2, 0.25) is 0 Å². The zero-order chi connectivity index (χ0) is 28.2. The second-order valence-electron chi connectivity index (χ2n) is 10.5. The lowest BCUT2D eigenvalue weighted by molar-refractivity contribution is -0.118. The van der Waals surface area contributed by atoms with E-state index in [1.165, 1.54) is 0 Å². The Balaban J connectivity index is 1.50. The van der Waals surface area contributed by atoms with Crippen molar-refractivity contribution >= 4 is 22.5 Å². The van der Waals surface area contributed by atoms with Crippen molar-refractivity contribution in [2.45, 2.75) is 31.2 Å². The minimum Gasteiger partial charge on any atom is -0.382 e. The zero-order valence-corrected chi connectivity index (χ0v) is 23.0. The summed E-state index contributed by atoms with van der Waals surface area (Å²) in [4.78, 5) is 17.8. The lowest BCUT2D eigenvalue weighted by Crippen LogP contribution is -2.38. The highest BCUT2D eigenvalue weighted by Crippen LogP contribution is 2.43. The Morgan fingerprint density at radius 1 is 0.780 bits per heavy atom. The van der Waals surface area contributed by atoms with Crippen LogP contribution in [-0.2, 0) is 16.8 Å². The minimum absolute atomic E-state index is 0.135. The van der Waals surface area contributed by atoms with Gasteiger partial charge in [0.05, 0.1) is 10.9 Å². The van der Waals surface area contributed by atoms with Gasteiger partial charge in [0.2, 0.25) is 0 Å². The molecule has 5 nitrogen and oxygen atoms in total. The molecule has 5 heteroatoms. The molecule has 1 atom stereocenters. The van der Waals surface area contributed by atoms with Gasteiger partial charge in [-0.2, -0.15) is 5.10 Å². The lowest BCUT2D eigenvalue weighted by atomic mass is 9.77. The van der Waals surface area contributed by atoms with Crippen LogP contribution in [-0.4, -0.2) is 20.5 Å². The number of nitrogens with two attached hydrogens (primary N) is 1. The van der Waals surface area contributed by atoms with E-state index in [-0.39, 0.29) is 18.1 Å². The Bertz CT molecular complexity index is 1670. The summed E-state index contributed by atoms with van der Waals surface area (Å²) >= 11 is 0. The molecule has 0 spiro atoms. The van der Waals surface area contributed by atoms with Gasteiger partial charge in [-0.05, 0) is 34.2 Å². The average molecular weight is 537 g/mol. The van der Waals surface area contributed by atoms with Gasteiger partial charge in [0, 0.05) is 24.7 Å². The van der Waals surface area contributed by atoms with Gasteiger partial charge in [0.25, 0.3) is 0 Å². The van der Waals surface area contributed by atoms with Gasteiger partial charge < -0.3 is 5.73 Å². The van der Waals surface area contributed by atoms with Crippen molar-refractivity contribution in [3.63, 3.8) is 0 Å². The molecule has 2 heterocycles. The van der Waals surface area contributed by atoms with Crippen molar-refractivity contribution in [2.75, 3.05) is 5.73 Å². The molecule has 0 unspecified atom stereocenters. The first kappa shape index (κ1) is 26.2. The minimum atomic E-state index is -0.815. The van der Waals surface area contributed by atoms with E-state index in [0.29, 0.717) is 17.9 Å². The summed E-state index contributed by atoms with van der Waals surface area (Å²) in [7, 11) is 0. The number of benzene rings is 4. The molecule has 0 aliphatic carbocycles. The Kier molecular flexibility index (Phi) is 7.17. The van der Waals surface area contributed by atoms with E-state index in [2.05, 4.69) is 60.4 Å². The van der Waals surface area contributed by atoms with E-state index in [1.807, 2.05) is 83.5 Å². The van der Waals surface area contributed by atoms with E-state index < -0.39 is 5.54 Å². The molecule has 0 amide bonds. The molecule has 0 saturated carbocycles. The summed E-state index contributed by atoms with van der Waals surface area (Å²) in [5.41, 5.74) is 11.6. The summed E-state index contributed by atoms with van der Waals surface area (Å²) < 4.78 is 2.01. The molecule has 0 radical (unpaired) electrons. The van der Waals surface area contributed by atoms with Gasteiger partial charge in [-0.1, -0.05) is 128 Å². The number of Topliss-reactive ketones (excluding diaryl/α,β-unsaturated/α-hetero) is 1. The van der Waals surface area contributed by atoms with Crippen molar-refractivity contribution in [2.24, 2.45) is 0 Å². The van der Waals surface area contributed by atoms with Crippen LogP contribution >= 0.6 is 0 Å². The number of hydrogen-bond acceptors (Lipinski definition) is 4. The fourth-order valence-corrected chi connectivity index (χ4v) is 5.85. The van der Waals surface area contributed by atoms with Crippen LogP contribution in [0.4, 0.5) is 5.82 Å². The predicted octanol–water partition coefficient (Wildman–Crippen LogP) is 7.16. The maximum absolute atomic E-state index is 13.2. The van der Waals surface area contributed by atoms with Gasteiger partial charge in [-0.3, -0.25) is 9.78 Å². The third-order valence-electron chi connectivity index (χ3n) is 7.82. The van der Waals surface area contributed by atoms with Crippen molar-refractivity contribution in [3.05, 3.63) is 162 Å². The normalized spacial score (nSPS) is 12.3. The molecule has 2 N–H and O–H groups in total. The molecule has 202 valence electrons. The maximum atomic E-state index is 13.2. The number of fused-ring (bicyclic) bond motifs is 1. The monoisotopic (exact) mass is 536 g/mol. The number of nitrogens with zero attached hydrogens (tertiary/aromatic N) is 3. The number of aromatic nitrogens is 3. The first-order chi connectivity index (χ1) is 20.1. The Hall–Kier alpha value is -5.03. The van der Waals surface area contributed by atoms with Crippen LogP contribution in [0, 0.1) is 0 Å². The molecule has 0 fully saturated rings. The van der Waals surface area contributed by atoms with E-state index in [0.717, 1.165) is 33.2 Å². The fourth-order valence-electron chi connectivity index (χ4n) is 5.85. The molecule has 2 aromatic heterocycles. The van der Waals surface area contributed by atoms with Crippen molar-refractivity contribution < 1.29 is 4.79 Å². The van der Waals surface area contributed by atoms with Crippen LogP contribution < -0.4 is 5.73 Å². The van der Waals surface area contributed by atoms with Crippen LogP contribution in [0.5, 0.6) is 0 Å². The summed E-state index contributed by atoms with van der Waals surface area (Å²) in [6.07, 6.45) is 2.45. The van der Waals surface area contributed by atoms with Gasteiger partial charge >= 0.3 is 0 Å². The van der Waals surface area contributed by atoms with Crippen LogP contribution in [0.3, 0.4) is 0 Å². The molecule has 0 aliphatic heterocycles. The van der Waals surface area contributed by atoms with E-state index in [9.17, 15) is 4.79 Å². The number of hydrogen-bond donors (Lipinski definition) is 1. The SMILES string of the molecule is C[C@@H](CC(=O)Cc1cc2c(cn1)c(N)nn2C(c1ccccc1)(c1ccccc1)c1ccccc1)c1ccccc1. The second-order valence-corrected chi connectivity index (χ2v) is 10.5. The van der Waals surface area contributed by atoms with E-state index in [1.54, 1.807) is 6.20 Å². The van der Waals surface area contributed by atoms with Gasteiger partial charge in [-0.25, -0.2) is 4.68 Å². The second kappa shape index (κ2) is 11.2. The molecule has 4 aromatic carbocycles. The number of anilines is 1. The summed E-state index contributed by atoms with van der Waals surface area (Å²) in [6, 6.07) is 43.2. The maximum Gasteiger partial charge on any atom is 0.155 e. The smallest absolute Gasteiger partial charge is 0.155 e. The zero-order valence-electron chi connectivity index (χ0n) is 23.0. The number of carbonyl (C=O) groups excluding carboxylic acids is 1. The van der Waals surface area contributed by atoms with Gasteiger partial charge in [0.15, 0.2) is 5.82 Å². The van der Waals surface area contributed by atoms with Crippen LogP contribution in [0.15, 0.2) is 134 Å². The summed E-state index contributed by atoms with van der Waals surface area (Å²) in [5, 5.41) is 5.72. The number of rotatable bonds is 9. The van der Waals surface area contributed by atoms with E-state index in [4.69, 9.17) is 10.8 Å². The highest BCUT2D eigenvalue weighted by molar-refractivity contribution is 5.90. The molecule has 0 saturated heterocycles. The Morgan fingerprint density at radius 2 is 1.27 bits per heavy atom. The van der Waals surface area contributed by atoms with Crippen LogP contribution in [0.1, 0.15) is 47.2 Å². The summed E-state index contributed by atoms with van der Waals surface area (Å²) in [5.74, 6) is 0.679. The van der Waals surface area contributed by atoms with Crippen molar-refractivity contribution in [1.82, 2.24) is 14.8 Å². The number of carbonyl (C=O) groups is 1. The topological polar surface area (TPSA) is 73.8 Å². The molecule has 0 bridgehead atoms. The van der Waals surface area contributed by atoms with Crippen LogP contribution in [0.25, 0.3) is 10.9 Å². The number of nitrogen functional groups attached to an aromatic ring is 1. The summed E-state index contributed by atoms with van der Waals surface area (Å²) in [6.45, 7) is 2.09. The predicted molar refractivity (Wildman–Crippen MR) is 165 cm³/mol. The molecule has 41 heavy (non-hydrogen) atoms. The number of pyridine rings is 1. The largest absolute Gasteiger partial charge is 0.382 e. The first-order valence-corrected chi connectivity index (χ1v) is 13.9. The van der Waals surface area contributed by atoms with Crippen molar-refractivity contribution in [1.29, 1.82) is 0 Å². The highest BCUT2D eigenvalue weighted by atomic mass is 16.1. The average Bonchev–Trinajstić information content (AvgIpc) is 3.35. The highest BCUT2D eigenvalue weighted by Gasteiger charge is 2.40. The Labute approximate surface area is 240 Å². The third-order valence-corrected chi connectivity index (χ3v) is 7.82. The van der Waals surface area contributed by atoms with Crippen molar-refractivity contribution in [3.8, 4) is 0 Å². The van der Waals surface area contributed by atoms with E-state index >= 15 is 0 Å². The molecular weight excluding hydrogens is 504 g/mol. The molecule has 6 rings (SSSR count). The van der Waals surface area contributed by atoms with Gasteiger partial charge in [-0.15, -0.1) is 0 Å². The lowest BCUT2D eigenvalue weighted by Gasteiger charge is -2.37. The number of ketones is 1. The quantitative estimate of drug-likeness (QED) is 0.199. The standard InChI is InChI=1S/C36H32N4O/c1-26(27-14-6-2-7-15-27)22-32(41)23-31-24-34-33(25-38-31)35(37)39-40(34)36(28-16-8-3-9-17-28,29-18-10-4-11-19-29)30-20-12-5-13-21-30/h2-21,24-26H,22-23H2,1H3,(H2,37,39)/t26-/m0/s1. The van der Waals surface area contributed by atoms with Gasteiger partial charge in [0.1, 0.15) is 11.3 Å². The first-order valence-electron chi connectivity index (χ1n) is 13.9. The fraction of sp³-hybridized carbons (Fsp3) is 0.139. The third kappa shape index (κ3) is 4.91. The molecule has 6 aromatic rings. The molecular formula is C36H32N4O. The molecule has 0 aliphatic rings.